The molecule has 1 aliphatic carbocycles. The van der Waals surface area contributed by atoms with Crippen LogP contribution >= 0.6 is 12.2 Å². The highest BCUT2D eigenvalue weighted by atomic mass is 32.1. The van der Waals surface area contributed by atoms with Crippen LogP contribution in [0.25, 0.3) is 0 Å². The molecule has 2 rings (SSSR count). The van der Waals surface area contributed by atoms with Crippen molar-refractivity contribution >= 4 is 29.2 Å². The van der Waals surface area contributed by atoms with Crippen LogP contribution in [-0.2, 0) is 9.53 Å². The minimum absolute atomic E-state index is 0.0247. The van der Waals surface area contributed by atoms with Gasteiger partial charge in [0, 0.05) is 13.1 Å². The first-order valence-corrected chi connectivity index (χ1v) is 7.34. The van der Waals surface area contributed by atoms with Crippen molar-refractivity contribution in [2.24, 2.45) is 11.1 Å². The summed E-state index contributed by atoms with van der Waals surface area (Å²) < 4.78 is 4.57. The van der Waals surface area contributed by atoms with Gasteiger partial charge in [-0.25, -0.2) is 4.79 Å². The van der Waals surface area contributed by atoms with Crippen molar-refractivity contribution in [3.05, 3.63) is 0 Å². The number of likely N-dealkylation sites (tertiary alicyclic amines) is 1. The summed E-state index contributed by atoms with van der Waals surface area (Å²) in [6, 6.07) is -0.0591. The number of hydrogen-bond acceptors (Lipinski definition) is 4. The summed E-state index contributed by atoms with van der Waals surface area (Å²) in [6.07, 6.45) is 3.73. The van der Waals surface area contributed by atoms with E-state index in [0.717, 1.165) is 32.1 Å². The van der Waals surface area contributed by atoms with E-state index in [1.165, 1.54) is 7.11 Å². The summed E-state index contributed by atoms with van der Waals surface area (Å²) in [5.41, 5.74) is 5.18. The molecule has 1 saturated heterocycles. The molecule has 3 N–H and O–H groups in total. The maximum absolute atomic E-state index is 12.7. The number of hydrogen-bond donors (Lipinski definition) is 2. The molecule has 2 amide bonds. The average molecular weight is 299 g/mol. The van der Waals surface area contributed by atoms with Crippen molar-refractivity contribution in [1.82, 2.24) is 10.2 Å². The zero-order valence-electron chi connectivity index (χ0n) is 11.7. The Hall–Kier alpha value is -1.37. The van der Waals surface area contributed by atoms with Crippen LogP contribution in [0.2, 0.25) is 0 Å². The molecule has 1 aliphatic heterocycles. The highest BCUT2D eigenvalue weighted by Gasteiger charge is 2.47. The molecule has 0 aromatic rings. The fourth-order valence-electron chi connectivity index (χ4n) is 3.14. The predicted molar refractivity (Wildman–Crippen MR) is 78.2 cm³/mol. The van der Waals surface area contributed by atoms with Gasteiger partial charge in [0.05, 0.1) is 23.6 Å². The molecule has 112 valence electrons. The molecule has 0 spiro atoms. The zero-order chi connectivity index (χ0) is 14.8. The molecule has 2 fully saturated rings. The van der Waals surface area contributed by atoms with E-state index in [2.05, 4.69) is 10.1 Å². The van der Waals surface area contributed by atoms with Crippen LogP contribution in [0.15, 0.2) is 0 Å². The Labute approximate surface area is 124 Å². The average Bonchev–Trinajstić information content (AvgIpc) is 3.07. The summed E-state index contributed by atoms with van der Waals surface area (Å²) in [6.45, 7) is 1.12. The molecule has 1 unspecified atom stereocenters. The first-order chi connectivity index (χ1) is 9.49. The van der Waals surface area contributed by atoms with Gasteiger partial charge in [-0.3, -0.25) is 4.79 Å². The smallest absolute Gasteiger partial charge is 0.407 e. The molecule has 1 heterocycles. The van der Waals surface area contributed by atoms with Crippen LogP contribution in [-0.4, -0.2) is 48.1 Å². The Bertz CT molecular complexity index is 421. The van der Waals surface area contributed by atoms with Crippen LogP contribution in [0.5, 0.6) is 0 Å². The van der Waals surface area contributed by atoms with E-state index in [-0.39, 0.29) is 11.9 Å². The number of alkyl carbamates (subject to hydrolysis) is 1. The first kappa shape index (κ1) is 15.0. The van der Waals surface area contributed by atoms with Gasteiger partial charge >= 0.3 is 6.09 Å². The Morgan fingerprint density at radius 2 is 2.05 bits per heavy atom. The van der Waals surface area contributed by atoms with Gasteiger partial charge in [0.25, 0.3) is 0 Å². The van der Waals surface area contributed by atoms with Crippen LogP contribution in [0.1, 0.15) is 32.1 Å². The Morgan fingerprint density at radius 3 is 2.60 bits per heavy atom. The number of nitrogens with two attached hydrogens (primary N) is 1. The number of nitrogens with zero attached hydrogens (tertiary/aromatic N) is 1. The third-order valence-electron chi connectivity index (χ3n) is 4.32. The molecule has 0 radical (unpaired) electrons. The standard InChI is InChI=1S/C13H21N3O3S/c1-19-12(18)15-9-4-7-16(8-9)11(17)13(10(14)20)5-2-3-6-13/h9H,2-8H2,1H3,(H2,14,20)(H,15,18). The molecule has 1 saturated carbocycles. The van der Waals surface area contributed by atoms with Crippen LogP contribution in [0.4, 0.5) is 4.79 Å². The summed E-state index contributed by atoms with van der Waals surface area (Å²) >= 11 is 5.14. The Morgan fingerprint density at radius 1 is 1.40 bits per heavy atom. The van der Waals surface area contributed by atoms with E-state index >= 15 is 0 Å². The number of ether oxygens (including phenoxy) is 1. The van der Waals surface area contributed by atoms with Gasteiger partial charge in [-0.2, -0.15) is 0 Å². The largest absolute Gasteiger partial charge is 0.453 e. The number of carbonyl (C=O) groups is 2. The van der Waals surface area contributed by atoms with Crippen molar-refractivity contribution in [2.75, 3.05) is 20.2 Å². The van der Waals surface area contributed by atoms with Gasteiger partial charge in [0.1, 0.15) is 0 Å². The first-order valence-electron chi connectivity index (χ1n) is 6.93. The normalized spacial score (nSPS) is 24.4. The maximum atomic E-state index is 12.7. The molecule has 0 aromatic carbocycles. The van der Waals surface area contributed by atoms with E-state index < -0.39 is 11.5 Å². The third kappa shape index (κ3) is 2.72. The lowest BCUT2D eigenvalue weighted by Crippen LogP contribution is -2.49. The van der Waals surface area contributed by atoms with Crippen LogP contribution in [0, 0.1) is 5.41 Å². The number of methoxy groups -OCH3 is 1. The molecule has 2 aliphatic rings. The predicted octanol–water partition coefficient (Wildman–Crippen LogP) is 0.790. The monoisotopic (exact) mass is 299 g/mol. The molecule has 7 heteroatoms. The van der Waals surface area contributed by atoms with Gasteiger partial charge in [-0.1, -0.05) is 25.1 Å². The maximum Gasteiger partial charge on any atom is 0.407 e. The minimum Gasteiger partial charge on any atom is -0.453 e. The van der Waals surface area contributed by atoms with Crippen molar-refractivity contribution < 1.29 is 14.3 Å². The van der Waals surface area contributed by atoms with E-state index in [4.69, 9.17) is 18.0 Å². The van der Waals surface area contributed by atoms with Gasteiger partial charge in [-0.05, 0) is 19.3 Å². The van der Waals surface area contributed by atoms with Crippen molar-refractivity contribution in [3.63, 3.8) is 0 Å². The van der Waals surface area contributed by atoms with Gasteiger partial charge in [-0.15, -0.1) is 0 Å². The highest BCUT2D eigenvalue weighted by molar-refractivity contribution is 7.80. The highest BCUT2D eigenvalue weighted by Crippen LogP contribution is 2.40. The topological polar surface area (TPSA) is 84.7 Å². The SMILES string of the molecule is COC(=O)NC1CCN(C(=O)C2(C(N)=S)CCCC2)C1. The van der Waals surface area contributed by atoms with E-state index in [1.54, 1.807) is 4.90 Å². The quantitative estimate of drug-likeness (QED) is 0.753. The number of carbonyl (C=O) groups excluding carboxylic acids is 2. The van der Waals surface area contributed by atoms with E-state index in [0.29, 0.717) is 18.1 Å². The number of amides is 2. The lowest BCUT2D eigenvalue weighted by Gasteiger charge is -2.31. The lowest BCUT2D eigenvalue weighted by atomic mass is 9.84. The fourth-order valence-corrected chi connectivity index (χ4v) is 3.43. The van der Waals surface area contributed by atoms with Crippen molar-refractivity contribution in [1.29, 1.82) is 0 Å². The molecule has 0 aromatic heterocycles. The lowest BCUT2D eigenvalue weighted by molar-refractivity contribution is -0.137. The van der Waals surface area contributed by atoms with E-state index in [1.807, 2.05) is 0 Å². The second-order valence-corrected chi connectivity index (χ2v) is 5.97. The zero-order valence-corrected chi connectivity index (χ0v) is 12.5. The second kappa shape index (κ2) is 5.95. The molecule has 6 nitrogen and oxygen atoms in total. The molecular formula is C13H21N3O3S. The summed E-state index contributed by atoms with van der Waals surface area (Å²) in [7, 11) is 1.33. The number of rotatable bonds is 3. The molecule has 0 bridgehead atoms. The summed E-state index contributed by atoms with van der Waals surface area (Å²) in [4.78, 5) is 26.0. The van der Waals surface area contributed by atoms with E-state index in [9.17, 15) is 9.59 Å². The fraction of sp³-hybridized carbons (Fsp3) is 0.769. The number of thiocarbonyl (C=S) groups is 1. The minimum atomic E-state index is -0.657. The van der Waals surface area contributed by atoms with Crippen LogP contribution < -0.4 is 11.1 Å². The summed E-state index contributed by atoms with van der Waals surface area (Å²) in [5, 5.41) is 2.73. The van der Waals surface area contributed by atoms with Gasteiger partial charge in [0.2, 0.25) is 5.91 Å². The Kier molecular flexibility index (Phi) is 4.47. The number of nitrogens with one attached hydrogen (secondary N) is 1. The molecule has 1 atom stereocenters. The third-order valence-corrected chi connectivity index (χ3v) is 4.71. The molecular weight excluding hydrogens is 278 g/mol. The van der Waals surface area contributed by atoms with Crippen molar-refractivity contribution in [2.45, 2.75) is 38.1 Å². The van der Waals surface area contributed by atoms with Crippen molar-refractivity contribution in [3.8, 4) is 0 Å². The van der Waals surface area contributed by atoms with Gasteiger partial charge < -0.3 is 20.7 Å². The molecule has 20 heavy (non-hydrogen) atoms. The van der Waals surface area contributed by atoms with Gasteiger partial charge in [0.15, 0.2) is 0 Å². The summed E-state index contributed by atoms with van der Waals surface area (Å²) in [5.74, 6) is 0.0247. The Balaban J connectivity index is 2.00. The van der Waals surface area contributed by atoms with Crippen LogP contribution in [0.3, 0.4) is 0 Å². The second-order valence-electron chi connectivity index (χ2n) is 5.53.